The monoisotopic (exact) mass is 449 g/mol. The Morgan fingerprint density at radius 1 is 0.882 bits per heavy atom. The molecule has 5 rings (SSSR count). The standard InChI is InChI=1S/C28H23N3O3/c32-23-15-14-18-8-4-5-11-20(18)26(23)27(19-9-2-1-3-10-19)31-25(33)17-16-24-29-22-13-7-6-12-21(22)28(34)30-24/h1-15,27,32H,16-17H2,(H,31,33)(H,29,30,34). The van der Waals surface area contributed by atoms with Crippen molar-refractivity contribution in [2.24, 2.45) is 0 Å². The van der Waals surface area contributed by atoms with Gasteiger partial charge in [0.1, 0.15) is 11.6 Å². The molecular weight excluding hydrogens is 426 g/mol. The van der Waals surface area contributed by atoms with Gasteiger partial charge in [0.15, 0.2) is 0 Å². The van der Waals surface area contributed by atoms with E-state index in [1.54, 1.807) is 24.3 Å². The van der Waals surface area contributed by atoms with Crippen LogP contribution in [-0.2, 0) is 11.2 Å². The van der Waals surface area contributed by atoms with Crippen LogP contribution in [0.2, 0.25) is 0 Å². The average molecular weight is 450 g/mol. The number of aromatic amines is 1. The third kappa shape index (κ3) is 4.26. The van der Waals surface area contributed by atoms with Gasteiger partial charge in [0, 0.05) is 18.4 Å². The Hall–Kier alpha value is -4.45. The van der Waals surface area contributed by atoms with Crippen molar-refractivity contribution < 1.29 is 9.90 Å². The fourth-order valence-electron chi connectivity index (χ4n) is 4.27. The third-order valence-corrected chi connectivity index (χ3v) is 5.93. The van der Waals surface area contributed by atoms with Crippen LogP contribution >= 0.6 is 0 Å². The van der Waals surface area contributed by atoms with E-state index >= 15 is 0 Å². The SMILES string of the molecule is O=C(CCc1nc2ccccc2c(=O)[nH]1)NC(c1ccccc1)c1c(O)ccc2ccccc12. The number of aromatic hydroxyl groups is 1. The zero-order valence-electron chi connectivity index (χ0n) is 18.4. The molecule has 1 heterocycles. The zero-order valence-corrected chi connectivity index (χ0v) is 18.4. The molecule has 0 saturated carbocycles. The Kier molecular flexibility index (Phi) is 5.79. The average Bonchev–Trinajstić information content (AvgIpc) is 2.87. The van der Waals surface area contributed by atoms with Crippen LogP contribution in [0.25, 0.3) is 21.7 Å². The second-order valence-corrected chi connectivity index (χ2v) is 8.16. The molecule has 1 amide bonds. The summed E-state index contributed by atoms with van der Waals surface area (Å²) in [5.74, 6) is 0.369. The number of phenols is 1. The number of phenolic OH excluding ortho intramolecular Hbond substituents is 1. The van der Waals surface area contributed by atoms with Crippen molar-refractivity contribution in [3.8, 4) is 5.75 Å². The molecule has 0 aliphatic heterocycles. The first-order valence-electron chi connectivity index (χ1n) is 11.1. The van der Waals surface area contributed by atoms with E-state index in [1.807, 2.05) is 66.7 Å². The number of amides is 1. The van der Waals surface area contributed by atoms with Gasteiger partial charge in [-0.2, -0.15) is 0 Å². The predicted octanol–water partition coefficient (Wildman–Crippen LogP) is 4.62. The van der Waals surface area contributed by atoms with Gasteiger partial charge >= 0.3 is 0 Å². The number of rotatable bonds is 6. The van der Waals surface area contributed by atoms with E-state index in [0.29, 0.717) is 22.3 Å². The molecular formula is C28H23N3O3. The summed E-state index contributed by atoms with van der Waals surface area (Å²) in [4.78, 5) is 32.6. The molecule has 0 aliphatic carbocycles. The number of aryl methyl sites for hydroxylation is 1. The quantitative estimate of drug-likeness (QED) is 0.353. The lowest BCUT2D eigenvalue weighted by Crippen LogP contribution is -2.30. The lowest BCUT2D eigenvalue weighted by molar-refractivity contribution is -0.121. The Morgan fingerprint density at radius 2 is 1.59 bits per heavy atom. The normalized spacial score (nSPS) is 12.0. The first-order chi connectivity index (χ1) is 16.6. The van der Waals surface area contributed by atoms with E-state index in [1.165, 1.54) is 0 Å². The van der Waals surface area contributed by atoms with Gasteiger partial charge in [-0.3, -0.25) is 9.59 Å². The van der Waals surface area contributed by atoms with Gasteiger partial charge in [0.25, 0.3) is 5.56 Å². The van der Waals surface area contributed by atoms with Crippen molar-refractivity contribution in [3.05, 3.63) is 118 Å². The van der Waals surface area contributed by atoms with Crippen LogP contribution in [0, 0.1) is 0 Å². The second-order valence-electron chi connectivity index (χ2n) is 8.16. The number of carbonyl (C=O) groups is 1. The van der Waals surface area contributed by atoms with E-state index in [0.717, 1.165) is 16.3 Å². The van der Waals surface area contributed by atoms with E-state index in [9.17, 15) is 14.7 Å². The summed E-state index contributed by atoms with van der Waals surface area (Å²) in [6.45, 7) is 0. The van der Waals surface area contributed by atoms with Crippen molar-refractivity contribution in [2.45, 2.75) is 18.9 Å². The third-order valence-electron chi connectivity index (χ3n) is 5.93. The Bertz CT molecular complexity index is 1540. The maximum absolute atomic E-state index is 13.1. The van der Waals surface area contributed by atoms with Crippen LogP contribution in [-0.4, -0.2) is 21.0 Å². The number of fused-ring (bicyclic) bond motifs is 2. The lowest BCUT2D eigenvalue weighted by Gasteiger charge is -2.22. The molecule has 1 atom stereocenters. The number of para-hydroxylation sites is 1. The van der Waals surface area contributed by atoms with E-state index < -0.39 is 6.04 Å². The van der Waals surface area contributed by atoms with Crippen molar-refractivity contribution in [1.82, 2.24) is 15.3 Å². The number of hydrogen-bond donors (Lipinski definition) is 3. The summed E-state index contributed by atoms with van der Waals surface area (Å²) in [7, 11) is 0. The number of nitrogens with zero attached hydrogens (tertiary/aromatic N) is 1. The van der Waals surface area contributed by atoms with Crippen LogP contribution in [0.4, 0.5) is 0 Å². The van der Waals surface area contributed by atoms with Crippen LogP contribution in [0.1, 0.15) is 29.4 Å². The molecule has 0 bridgehead atoms. The molecule has 5 aromatic rings. The van der Waals surface area contributed by atoms with E-state index in [4.69, 9.17) is 0 Å². The van der Waals surface area contributed by atoms with Gasteiger partial charge in [-0.1, -0.05) is 72.8 Å². The predicted molar refractivity (Wildman–Crippen MR) is 133 cm³/mol. The highest BCUT2D eigenvalue weighted by molar-refractivity contribution is 5.89. The first-order valence-corrected chi connectivity index (χ1v) is 11.1. The van der Waals surface area contributed by atoms with Gasteiger partial charge < -0.3 is 15.4 Å². The summed E-state index contributed by atoms with van der Waals surface area (Å²) < 4.78 is 0. The molecule has 168 valence electrons. The number of benzene rings is 4. The summed E-state index contributed by atoms with van der Waals surface area (Å²) in [6.07, 6.45) is 0.422. The van der Waals surface area contributed by atoms with Crippen LogP contribution in [0.15, 0.2) is 95.8 Å². The highest BCUT2D eigenvalue weighted by Gasteiger charge is 2.22. The van der Waals surface area contributed by atoms with E-state index in [-0.39, 0.29) is 30.1 Å². The summed E-state index contributed by atoms with van der Waals surface area (Å²) in [6, 6.07) is 27.4. The highest BCUT2D eigenvalue weighted by Crippen LogP contribution is 2.35. The first kappa shape index (κ1) is 21.4. The van der Waals surface area contributed by atoms with Crippen molar-refractivity contribution in [2.75, 3.05) is 0 Å². The molecule has 34 heavy (non-hydrogen) atoms. The molecule has 6 heteroatoms. The Labute approximate surface area is 195 Å². The fourth-order valence-corrected chi connectivity index (χ4v) is 4.27. The molecule has 0 aliphatic rings. The minimum atomic E-state index is -0.539. The molecule has 0 spiro atoms. The highest BCUT2D eigenvalue weighted by atomic mass is 16.3. The zero-order chi connectivity index (χ0) is 23.5. The molecule has 0 fully saturated rings. The van der Waals surface area contributed by atoms with Gasteiger partial charge in [-0.15, -0.1) is 0 Å². The minimum absolute atomic E-state index is 0.119. The van der Waals surface area contributed by atoms with Crippen LogP contribution in [0.5, 0.6) is 5.75 Å². The Balaban J connectivity index is 1.44. The smallest absolute Gasteiger partial charge is 0.258 e. The van der Waals surface area contributed by atoms with Gasteiger partial charge in [0.05, 0.1) is 16.9 Å². The molecule has 3 N–H and O–H groups in total. The van der Waals surface area contributed by atoms with Gasteiger partial charge in [-0.25, -0.2) is 4.98 Å². The second kappa shape index (κ2) is 9.19. The maximum Gasteiger partial charge on any atom is 0.258 e. The summed E-state index contributed by atoms with van der Waals surface area (Å²) in [5, 5.41) is 16.2. The van der Waals surface area contributed by atoms with E-state index in [2.05, 4.69) is 15.3 Å². The number of carbonyl (C=O) groups excluding carboxylic acids is 1. The van der Waals surface area contributed by atoms with Crippen molar-refractivity contribution in [3.63, 3.8) is 0 Å². The molecule has 1 unspecified atom stereocenters. The number of aromatic nitrogens is 2. The largest absolute Gasteiger partial charge is 0.508 e. The fraction of sp³-hybridized carbons (Fsp3) is 0.107. The van der Waals surface area contributed by atoms with Gasteiger partial charge in [-0.05, 0) is 34.5 Å². The number of hydrogen-bond acceptors (Lipinski definition) is 4. The molecule has 0 radical (unpaired) electrons. The summed E-state index contributed by atoms with van der Waals surface area (Å²) >= 11 is 0. The Morgan fingerprint density at radius 3 is 2.41 bits per heavy atom. The number of H-pyrrole nitrogens is 1. The van der Waals surface area contributed by atoms with Crippen LogP contribution in [0.3, 0.4) is 0 Å². The van der Waals surface area contributed by atoms with Crippen molar-refractivity contribution in [1.29, 1.82) is 0 Å². The lowest BCUT2D eigenvalue weighted by atomic mass is 9.92. The maximum atomic E-state index is 13.1. The van der Waals surface area contributed by atoms with Crippen molar-refractivity contribution >= 4 is 27.6 Å². The van der Waals surface area contributed by atoms with Crippen LogP contribution < -0.4 is 10.9 Å². The van der Waals surface area contributed by atoms with Gasteiger partial charge in [0.2, 0.25) is 5.91 Å². The molecule has 0 saturated heterocycles. The molecule has 6 nitrogen and oxygen atoms in total. The summed E-state index contributed by atoms with van der Waals surface area (Å²) in [5.41, 5.74) is 1.89. The minimum Gasteiger partial charge on any atom is -0.508 e. The number of nitrogens with one attached hydrogen (secondary N) is 2. The molecule has 1 aromatic heterocycles. The molecule has 4 aromatic carbocycles. The topological polar surface area (TPSA) is 95.1 Å².